The largest absolute Gasteiger partial charge is 1.00 e. The van der Waals surface area contributed by atoms with Crippen LogP contribution in [0.1, 0.15) is 19.8 Å². The molecule has 0 aromatic heterocycles. The summed E-state index contributed by atoms with van der Waals surface area (Å²) >= 11 is 0. The topological polar surface area (TPSA) is 297 Å². The fourth-order valence-electron chi connectivity index (χ4n) is 5.09. The van der Waals surface area contributed by atoms with Crippen molar-refractivity contribution in [1.82, 2.24) is 5.32 Å². The molecule has 3 heterocycles. The molecule has 0 bridgehead atoms. The summed E-state index contributed by atoms with van der Waals surface area (Å²) in [6.45, 7) is -1.34. The van der Waals surface area contributed by atoms with E-state index in [0.29, 0.717) is 0 Å². The van der Waals surface area contributed by atoms with Crippen molar-refractivity contribution in [2.75, 3.05) is 26.4 Å². The Morgan fingerprint density at radius 1 is 1.05 bits per heavy atom. The van der Waals surface area contributed by atoms with E-state index in [1.165, 1.54) is 0 Å². The first kappa shape index (κ1) is 37.6. The summed E-state index contributed by atoms with van der Waals surface area (Å²) in [6.07, 6.45) is -21.4. The molecule has 18 nitrogen and oxygen atoms in total. The molecule has 3 aliphatic heterocycles. The number of carboxylic acids is 1. The number of rotatable bonds is 11. The molecule has 3 saturated heterocycles. The van der Waals surface area contributed by atoms with Gasteiger partial charge in [0.15, 0.2) is 6.29 Å². The van der Waals surface area contributed by atoms with E-state index in [1.807, 2.05) is 0 Å². The summed E-state index contributed by atoms with van der Waals surface area (Å²) in [6, 6.07) is -1.51. The number of hydrogen-bond acceptors (Lipinski definition) is 17. The Kier molecular flexibility index (Phi) is 14.4. The molecule has 0 aromatic rings. The quantitative estimate of drug-likeness (QED) is 0.0955. The molecule has 0 aromatic carbocycles. The van der Waals surface area contributed by atoms with Crippen molar-refractivity contribution in [3.63, 3.8) is 0 Å². The number of aliphatic hydroxyl groups is 9. The molecule has 42 heavy (non-hydrogen) atoms. The standard InChI is InChI=1S/C23H39NO17.Na/c1-8(28)24-14-9(29)4-23(22(35)36,40-19(14)15(31)10(30)5-25)41-20-17(33)13(7-27)39-21(18(20)34)38-11-2-3-37-12(6-26)16(11)32;/h9-21,25-27,29-34H,2-7H2,1H3,(H,24,28)(H,35,36);/q;+1/p-1/t9-,10+,11+,12+,13+,14+,15+,16+,17-,18+,19+,20-,21+,23-;/m0./s1. The molecule has 0 spiro atoms. The molecule has 1 amide bonds. The number of hydrogen-bond donors (Lipinski definition) is 10. The third-order valence-electron chi connectivity index (χ3n) is 7.30. The Morgan fingerprint density at radius 3 is 2.24 bits per heavy atom. The van der Waals surface area contributed by atoms with Crippen LogP contribution in [0, 0.1) is 0 Å². The second kappa shape index (κ2) is 16.1. The minimum Gasteiger partial charge on any atom is -0.544 e. The Hall–Kier alpha value is -0.620. The van der Waals surface area contributed by atoms with E-state index in [9.17, 15) is 60.7 Å². The van der Waals surface area contributed by atoms with E-state index in [-0.39, 0.29) is 42.6 Å². The van der Waals surface area contributed by atoms with Crippen LogP contribution >= 0.6 is 0 Å². The fraction of sp³-hybridized carbons (Fsp3) is 0.913. The van der Waals surface area contributed by atoms with Gasteiger partial charge in [-0.05, 0) is 6.42 Å². The zero-order chi connectivity index (χ0) is 30.6. The molecule has 10 N–H and O–H groups in total. The van der Waals surface area contributed by atoms with Gasteiger partial charge in [-0.2, -0.15) is 0 Å². The molecular weight excluding hydrogens is 585 g/mol. The summed E-state index contributed by atoms with van der Waals surface area (Å²) in [5.74, 6) is -5.91. The van der Waals surface area contributed by atoms with Crippen molar-refractivity contribution in [3.05, 3.63) is 0 Å². The van der Waals surface area contributed by atoms with Crippen LogP contribution in [0.25, 0.3) is 0 Å². The van der Waals surface area contributed by atoms with Crippen molar-refractivity contribution in [1.29, 1.82) is 0 Å². The third-order valence-corrected chi connectivity index (χ3v) is 7.30. The Morgan fingerprint density at radius 2 is 1.69 bits per heavy atom. The van der Waals surface area contributed by atoms with Crippen LogP contribution in [0.15, 0.2) is 0 Å². The van der Waals surface area contributed by atoms with E-state index in [4.69, 9.17) is 23.7 Å². The van der Waals surface area contributed by atoms with Crippen LogP contribution in [0.2, 0.25) is 0 Å². The van der Waals surface area contributed by atoms with Crippen molar-refractivity contribution >= 4 is 11.9 Å². The van der Waals surface area contributed by atoms with Gasteiger partial charge >= 0.3 is 29.6 Å². The Bertz CT molecular complexity index is 888. The Balaban J connectivity index is 0.00000616. The predicted octanol–water partition coefficient (Wildman–Crippen LogP) is -10.8. The van der Waals surface area contributed by atoms with Crippen LogP contribution in [-0.4, -0.2) is 170 Å². The maximum absolute atomic E-state index is 12.4. The smallest absolute Gasteiger partial charge is 0.544 e. The number of carboxylic acid groups (broad SMARTS) is 1. The minimum atomic E-state index is -3.04. The predicted molar refractivity (Wildman–Crippen MR) is 125 cm³/mol. The number of amides is 1. The van der Waals surface area contributed by atoms with Crippen LogP contribution in [-0.2, 0) is 33.3 Å². The molecule has 3 rings (SSSR count). The number of aliphatic hydroxyl groups excluding tert-OH is 9. The summed E-state index contributed by atoms with van der Waals surface area (Å²) in [7, 11) is 0. The van der Waals surface area contributed by atoms with Gasteiger partial charge in [0.2, 0.25) is 11.7 Å². The van der Waals surface area contributed by atoms with E-state index in [1.54, 1.807) is 0 Å². The molecule has 3 aliphatic rings. The summed E-state index contributed by atoms with van der Waals surface area (Å²) in [5, 5.41) is 107. The van der Waals surface area contributed by atoms with Crippen molar-refractivity contribution in [2.24, 2.45) is 0 Å². The van der Waals surface area contributed by atoms with Crippen molar-refractivity contribution < 1.29 is 114 Å². The van der Waals surface area contributed by atoms with Gasteiger partial charge in [-0.15, -0.1) is 0 Å². The second-order valence-electron chi connectivity index (χ2n) is 10.2. The van der Waals surface area contributed by atoms with Gasteiger partial charge in [-0.1, -0.05) is 0 Å². The molecule has 238 valence electrons. The monoisotopic (exact) mass is 623 g/mol. The van der Waals surface area contributed by atoms with Gasteiger partial charge in [0.05, 0.1) is 38.1 Å². The maximum atomic E-state index is 12.4. The third kappa shape index (κ3) is 8.15. The maximum Gasteiger partial charge on any atom is 1.00 e. The molecule has 3 fully saturated rings. The average Bonchev–Trinajstić information content (AvgIpc) is 2.93. The van der Waals surface area contributed by atoms with Gasteiger partial charge in [-0.3, -0.25) is 4.79 Å². The van der Waals surface area contributed by atoms with Gasteiger partial charge < -0.3 is 84.9 Å². The number of nitrogens with one attached hydrogen (secondary N) is 1. The average molecular weight is 624 g/mol. The first-order chi connectivity index (χ1) is 19.3. The summed E-state index contributed by atoms with van der Waals surface area (Å²) in [5.41, 5.74) is 0. The SMILES string of the molecule is CC(=O)N[C@H]1[C@H]([C@H](O)[C@H](O)CO)O[C@@](O[C@H]2[C@@H](O)[C@@H](CO)O[C@@H](O[C@@H]3CCO[C@H](CO)[C@@H]3O)[C@@H]2O)(C(=O)[O-])C[C@@H]1O.[Na+]. The molecule has 0 unspecified atom stereocenters. The number of carbonyl (C=O) groups excluding carboxylic acids is 2. The molecule has 0 aliphatic carbocycles. The van der Waals surface area contributed by atoms with Gasteiger partial charge in [0.1, 0.15) is 60.9 Å². The minimum absolute atomic E-state index is 0. The normalized spacial score (nSPS) is 42.2. The summed E-state index contributed by atoms with van der Waals surface area (Å²) in [4.78, 5) is 24.1. The van der Waals surface area contributed by atoms with E-state index in [2.05, 4.69) is 5.32 Å². The van der Waals surface area contributed by atoms with E-state index in [0.717, 1.165) is 6.92 Å². The van der Waals surface area contributed by atoms with Crippen molar-refractivity contribution in [3.8, 4) is 0 Å². The zero-order valence-electron chi connectivity index (χ0n) is 23.0. The van der Waals surface area contributed by atoms with Crippen LogP contribution in [0.5, 0.6) is 0 Å². The van der Waals surface area contributed by atoms with Crippen LogP contribution in [0.4, 0.5) is 0 Å². The van der Waals surface area contributed by atoms with Gasteiger partial charge in [-0.25, -0.2) is 0 Å². The number of ether oxygens (including phenoxy) is 5. The molecule has 19 heteroatoms. The molecule has 0 saturated carbocycles. The van der Waals surface area contributed by atoms with Crippen LogP contribution < -0.4 is 40.0 Å². The first-order valence-corrected chi connectivity index (χ1v) is 13.0. The van der Waals surface area contributed by atoms with Gasteiger partial charge in [0, 0.05) is 20.0 Å². The van der Waals surface area contributed by atoms with E-state index >= 15 is 0 Å². The first-order valence-electron chi connectivity index (χ1n) is 13.0. The second-order valence-corrected chi connectivity index (χ2v) is 10.2. The summed E-state index contributed by atoms with van der Waals surface area (Å²) < 4.78 is 27.3. The number of carbonyl (C=O) groups is 2. The van der Waals surface area contributed by atoms with Crippen molar-refractivity contribution in [2.45, 2.75) is 105 Å². The molecule has 0 radical (unpaired) electrons. The van der Waals surface area contributed by atoms with E-state index < -0.39 is 123 Å². The number of aliphatic carboxylic acids is 1. The van der Waals surface area contributed by atoms with Gasteiger partial charge in [0.25, 0.3) is 0 Å². The molecular formula is C23H38NNaO17. The fourth-order valence-corrected chi connectivity index (χ4v) is 5.09. The zero-order valence-corrected chi connectivity index (χ0v) is 25.0. The van der Waals surface area contributed by atoms with Crippen LogP contribution in [0.3, 0.4) is 0 Å². The molecule has 14 atom stereocenters. The Labute approximate surface area is 262 Å².